The molecule has 1 saturated heterocycles. The number of nitrogens with zero attached hydrogens (tertiary/aromatic N) is 3. The van der Waals surface area contributed by atoms with Crippen molar-refractivity contribution < 1.29 is 27.9 Å². The first-order valence-electron chi connectivity index (χ1n) is 9.87. The molecule has 0 saturated carbocycles. The van der Waals surface area contributed by atoms with Crippen molar-refractivity contribution in [1.29, 1.82) is 0 Å². The summed E-state index contributed by atoms with van der Waals surface area (Å²) in [4.78, 5) is 35.4. The number of carboxylic acids is 1. The van der Waals surface area contributed by atoms with Crippen LogP contribution in [-0.4, -0.2) is 64.3 Å². The number of amides is 1. The van der Waals surface area contributed by atoms with Gasteiger partial charge in [-0.25, -0.2) is 9.78 Å². The fourth-order valence-electron chi connectivity index (χ4n) is 3.06. The number of hydrogen-bond donors (Lipinski definition) is 4. The summed E-state index contributed by atoms with van der Waals surface area (Å²) in [6, 6.07) is 11.3. The van der Waals surface area contributed by atoms with Gasteiger partial charge in [-0.2, -0.15) is 13.2 Å². The predicted molar refractivity (Wildman–Crippen MR) is 115 cm³/mol. The smallest absolute Gasteiger partial charge is 0.475 e. The lowest BCUT2D eigenvalue weighted by molar-refractivity contribution is -0.192. The number of hydrogen-bond acceptors (Lipinski definition) is 6. The highest BCUT2D eigenvalue weighted by molar-refractivity contribution is 6.06. The van der Waals surface area contributed by atoms with Gasteiger partial charge in [0, 0.05) is 50.3 Å². The fraction of sp³-hybridized carbons (Fsp3) is 0.238. The second-order valence-electron chi connectivity index (χ2n) is 6.88. The minimum Gasteiger partial charge on any atom is -0.475 e. The first-order chi connectivity index (χ1) is 15.8. The summed E-state index contributed by atoms with van der Waals surface area (Å²) >= 11 is 0. The summed E-state index contributed by atoms with van der Waals surface area (Å²) in [6.07, 6.45) is -0.0735. The molecule has 0 bridgehead atoms. The van der Waals surface area contributed by atoms with Crippen LogP contribution in [0, 0.1) is 0 Å². The number of para-hydroxylation sites is 2. The number of imidazole rings is 1. The molecule has 1 aliphatic heterocycles. The van der Waals surface area contributed by atoms with E-state index in [2.05, 4.69) is 30.5 Å². The monoisotopic (exact) mass is 462 g/mol. The zero-order valence-electron chi connectivity index (χ0n) is 17.3. The van der Waals surface area contributed by atoms with Gasteiger partial charge in [-0.1, -0.05) is 12.1 Å². The lowest BCUT2D eigenvalue weighted by Gasteiger charge is -2.31. The van der Waals surface area contributed by atoms with E-state index < -0.39 is 12.1 Å². The van der Waals surface area contributed by atoms with Crippen LogP contribution in [0.3, 0.4) is 0 Å². The second-order valence-corrected chi connectivity index (χ2v) is 6.88. The average Bonchev–Trinajstić information content (AvgIpc) is 3.35. The van der Waals surface area contributed by atoms with Gasteiger partial charge in [0.15, 0.2) is 5.82 Å². The number of aromatic amines is 1. The number of piperazine rings is 1. The van der Waals surface area contributed by atoms with Crippen LogP contribution in [0.2, 0.25) is 0 Å². The Hall–Kier alpha value is -3.93. The van der Waals surface area contributed by atoms with Gasteiger partial charge < -0.3 is 25.6 Å². The molecule has 0 unspecified atom stereocenters. The number of carboxylic acid groups (broad SMARTS) is 1. The molecule has 174 valence electrons. The molecule has 3 aromatic rings. The van der Waals surface area contributed by atoms with Gasteiger partial charge in [0.1, 0.15) is 5.69 Å². The summed E-state index contributed by atoms with van der Waals surface area (Å²) in [6.45, 7) is 3.73. The second kappa shape index (κ2) is 10.6. The Morgan fingerprint density at radius 2 is 1.76 bits per heavy atom. The molecule has 4 N–H and O–H groups in total. The van der Waals surface area contributed by atoms with E-state index >= 15 is 0 Å². The molecular weight excluding hydrogens is 441 g/mol. The first-order valence-corrected chi connectivity index (χ1v) is 9.87. The van der Waals surface area contributed by atoms with Crippen LogP contribution in [0.1, 0.15) is 10.4 Å². The summed E-state index contributed by atoms with van der Waals surface area (Å²) < 4.78 is 31.7. The Morgan fingerprint density at radius 3 is 2.39 bits per heavy atom. The van der Waals surface area contributed by atoms with Crippen molar-refractivity contribution in [2.24, 2.45) is 0 Å². The van der Waals surface area contributed by atoms with E-state index in [0.717, 1.165) is 37.6 Å². The van der Waals surface area contributed by atoms with Gasteiger partial charge in [-0.05, 0) is 24.3 Å². The summed E-state index contributed by atoms with van der Waals surface area (Å²) in [5.41, 5.74) is 3.04. The Labute approximate surface area is 186 Å². The molecule has 0 radical (unpaired) electrons. The van der Waals surface area contributed by atoms with Crippen LogP contribution in [0.4, 0.5) is 24.5 Å². The number of aromatic nitrogens is 3. The highest BCUT2D eigenvalue weighted by Gasteiger charge is 2.38. The van der Waals surface area contributed by atoms with Crippen molar-refractivity contribution in [3.63, 3.8) is 0 Å². The highest BCUT2D eigenvalue weighted by atomic mass is 19.4. The van der Waals surface area contributed by atoms with E-state index in [0.29, 0.717) is 17.1 Å². The number of aliphatic carboxylic acids is 1. The third kappa shape index (κ3) is 6.53. The normalized spacial score (nSPS) is 13.6. The molecule has 0 aliphatic carbocycles. The van der Waals surface area contributed by atoms with Gasteiger partial charge in [-0.15, -0.1) is 0 Å². The van der Waals surface area contributed by atoms with E-state index in [9.17, 15) is 18.0 Å². The SMILES string of the molecule is O=C(Nc1ccccc1N1CCNCC1)c1ccnc(-c2ncc[nH]2)c1.O=C(O)C(F)(F)F. The van der Waals surface area contributed by atoms with Crippen molar-refractivity contribution in [3.05, 3.63) is 60.6 Å². The number of alkyl halides is 3. The maximum Gasteiger partial charge on any atom is 0.490 e. The Bertz CT molecular complexity index is 1080. The van der Waals surface area contributed by atoms with Crippen molar-refractivity contribution in [1.82, 2.24) is 20.3 Å². The molecule has 0 atom stereocenters. The third-order valence-corrected chi connectivity index (χ3v) is 4.62. The van der Waals surface area contributed by atoms with E-state index in [1.165, 1.54) is 0 Å². The fourth-order valence-corrected chi connectivity index (χ4v) is 3.06. The molecule has 1 amide bonds. The molecular formula is C21H21F3N6O3. The predicted octanol–water partition coefficient (Wildman–Crippen LogP) is 2.77. The van der Waals surface area contributed by atoms with Crippen LogP contribution in [0.25, 0.3) is 11.5 Å². The molecule has 12 heteroatoms. The zero-order valence-corrected chi connectivity index (χ0v) is 17.3. The first kappa shape index (κ1) is 23.7. The quantitative estimate of drug-likeness (QED) is 0.470. The summed E-state index contributed by atoms with van der Waals surface area (Å²) in [5.74, 6) is -2.28. The van der Waals surface area contributed by atoms with Crippen molar-refractivity contribution in [2.75, 3.05) is 36.4 Å². The van der Waals surface area contributed by atoms with Crippen molar-refractivity contribution >= 4 is 23.3 Å². The van der Waals surface area contributed by atoms with Gasteiger partial charge in [0.25, 0.3) is 5.91 Å². The van der Waals surface area contributed by atoms with Crippen LogP contribution < -0.4 is 15.5 Å². The number of halogens is 3. The highest BCUT2D eigenvalue weighted by Crippen LogP contribution is 2.26. The molecule has 1 aromatic carbocycles. The minimum absolute atomic E-state index is 0.164. The zero-order chi connectivity index (χ0) is 23.8. The summed E-state index contributed by atoms with van der Waals surface area (Å²) in [5, 5.41) is 13.5. The van der Waals surface area contributed by atoms with Crippen molar-refractivity contribution in [3.8, 4) is 11.5 Å². The maximum atomic E-state index is 12.8. The largest absolute Gasteiger partial charge is 0.490 e. The third-order valence-electron chi connectivity index (χ3n) is 4.62. The number of H-pyrrole nitrogens is 1. The molecule has 4 rings (SSSR count). The molecule has 1 fully saturated rings. The number of rotatable bonds is 4. The number of nitrogens with one attached hydrogen (secondary N) is 3. The minimum atomic E-state index is -5.08. The van der Waals surface area contributed by atoms with Crippen molar-refractivity contribution in [2.45, 2.75) is 6.18 Å². The summed E-state index contributed by atoms with van der Waals surface area (Å²) in [7, 11) is 0. The lowest BCUT2D eigenvalue weighted by atomic mass is 10.2. The maximum absolute atomic E-state index is 12.8. The number of pyridine rings is 1. The Morgan fingerprint density at radius 1 is 1.06 bits per heavy atom. The molecule has 9 nitrogen and oxygen atoms in total. The van der Waals surface area contributed by atoms with E-state index in [1.807, 2.05) is 24.3 Å². The number of benzene rings is 1. The van der Waals surface area contributed by atoms with Gasteiger partial charge >= 0.3 is 12.1 Å². The van der Waals surface area contributed by atoms with Gasteiger partial charge in [0.2, 0.25) is 0 Å². The molecule has 0 spiro atoms. The van der Waals surface area contributed by atoms with Gasteiger partial charge in [-0.3, -0.25) is 9.78 Å². The Kier molecular flexibility index (Phi) is 7.61. The number of carbonyl (C=O) groups is 2. The lowest BCUT2D eigenvalue weighted by Crippen LogP contribution is -2.43. The van der Waals surface area contributed by atoms with Crippen LogP contribution in [0.5, 0.6) is 0 Å². The van der Waals surface area contributed by atoms with E-state index in [1.54, 1.807) is 30.7 Å². The molecule has 2 aromatic heterocycles. The van der Waals surface area contributed by atoms with Crippen LogP contribution in [0.15, 0.2) is 55.0 Å². The van der Waals surface area contributed by atoms with Crippen LogP contribution >= 0.6 is 0 Å². The molecule has 1 aliphatic rings. The topological polar surface area (TPSA) is 123 Å². The number of carbonyl (C=O) groups excluding carboxylic acids is 1. The number of anilines is 2. The van der Waals surface area contributed by atoms with Crippen LogP contribution in [-0.2, 0) is 4.79 Å². The molecule has 3 heterocycles. The molecule has 33 heavy (non-hydrogen) atoms. The Balaban J connectivity index is 0.000000383. The average molecular weight is 462 g/mol. The van der Waals surface area contributed by atoms with E-state index in [-0.39, 0.29) is 5.91 Å². The standard InChI is InChI=1S/C19H20N6O.C2HF3O2/c26-19(14-5-6-21-16(13-14)18-22-7-8-23-18)24-15-3-1-2-4-17(15)25-11-9-20-10-12-25;3-2(4,5)1(6)7/h1-8,13,20H,9-12H2,(H,22,23)(H,24,26);(H,6,7). The van der Waals surface area contributed by atoms with Gasteiger partial charge in [0.05, 0.1) is 11.4 Å². The van der Waals surface area contributed by atoms with E-state index in [4.69, 9.17) is 9.90 Å².